The van der Waals surface area contributed by atoms with E-state index in [1.165, 1.54) is 30.3 Å². The molecular weight excluding hydrogens is 361 g/mol. The Morgan fingerprint density at radius 3 is 2.53 bits per heavy atom. The zero-order chi connectivity index (χ0) is 14.0. The van der Waals surface area contributed by atoms with Crippen LogP contribution in [0.5, 0.6) is 11.6 Å². The maximum Gasteiger partial charge on any atom is 0.262 e. The lowest BCUT2D eigenvalue weighted by Crippen LogP contribution is -1.93. The fourth-order valence-electron chi connectivity index (χ4n) is 1.23. The fraction of sp³-hybridized carbons (Fsp3) is 0. The third-order valence-electron chi connectivity index (χ3n) is 2.10. The highest BCUT2D eigenvalue weighted by atomic mass is 79.9. The summed E-state index contributed by atoms with van der Waals surface area (Å²) in [6, 6.07) is 6.71. The fourth-order valence-corrected chi connectivity index (χ4v) is 2.27. The Balaban J connectivity index is 2.22. The Hall–Kier alpha value is -1.18. The van der Waals surface area contributed by atoms with E-state index in [2.05, 4.69) is 20.9 Å². The van der Waals surface area contributed by atoms with Gasteiger partial charge in [-0.2, -0.15) is 0 Å². The van der Waals surface area contributed by atoms with Crippen LogP contribution in [0.3, 0.4) is 0 Å². The number of hydrogen-bond donors (Lipinski definition) is 0. The molecule has 0 spiro atoms. The SMILES string of the molecule is O=S(=O)(Cl)c1ccc(Oc2ccc(F)c(Br)c2)nc1. The van der Waals surface area contributed by atoms with E-state index in [4.69, 9.17) is 15.4 Å². The second kappa shape index (κ2) is 5.44. The largest absolute Gasteiger partial charge is 0.439 e. The monoisotopic (exact) mass is 365 g/mol. The van der Waals surface area contributed by atoms with Crippen LogP contribution >= 0.6 is 26.6 Å². The third kappa shape index (κ3) is 3.65. The number of hydrogen-bond acceptors (Lipinski definition) is 4. The predicted molar refractivity (Wildman–Crippen MR) is 71.4 cm³/mol. The summed E-state index contributed by atoms with van der Waals surface area (Å²) in [6.07, 6.45) is 1.08. The average molecular weight is 367 g/mol. The molecular formula is C11H6BrClFNO3S. The minimum Gasteiger partial charge on any atom is -0.439 e. The summed E-state index contributed by atoms with van der Waals surface area (Å²) in [7, 11) is 1.35. The third-order valence-corrected chi connectivity index (χ3v) is 4.05. The molecule has 1 heterocycles. The Kier molecular flexibility index (Phi) is 4.07. The molecule has 8 heteroatoms. The Morgan fingerprint density at radius 1 is 1.26 bits per heavy atom. The number of benzene rings is 1. The van der Waals surface area contributed by atoms with Crippen LogP contribution in [0.4, 0.5) is 4.39 Å². The molecule has 100 valence electrons. The molecule has 0 radical (unpaired) electrons. The topological polar surface area (TPSA) is 56.3 Å². The van der Waals surface area contributed by atoms with Crippen LogP contribution in [0.15, 0.2) is 45.9 Å². The molecule has 0 amide bonds. The number of nitrogens with zero attached hydrogens (tertiary/aromatic N) is 1. The summed E-state index contributed by atoms with van der Waals surface area (Å²) in [6.45, 7) is 0. The van der Waals surface area contributed by atoms with Crippen molar-refractivity contribution in [2.75, 3.05) is 0 Å². The molecule has 0 N–H and O–H groups in total. The van der Waals surface area contributed by atoms with Gasteiger partial charge in [0.05, 0.1) is 10.7 Å². The van der Waals surface area contributed by atoms with E-state index < -0.39 is 14.9 Å². The molecule has 0 fully saturated rings. The van der Waals surface area contributed by atoms with Crippen molar-refractivity contribution >= 4 is 35.7 Å². The lowest BCUT2D eigenvalue weighted by molar-refractivity contribution is 0.459. The van der Waals surface area contributed by atoms with E-state index >= 15 is 0 Å². The van der Waals surface area contributed by atoms with E-state index in [-0.39, 0.29) is 15.2 Å². The molecule has 2 aromatic rings. The van der Waals surface area contributed by atoms with Crippen LogP contribution < -0.4 is 4.74 Å². The molecule has 0 aliphatic carbocycles. The van der Waals surface area contributed by atoms with Gasteiger partial charge in [0.2, 0.25) is 5.88 Å². The minimum absolute atomic E-state index is 0.123. The van der Waals surface area contributed by atoms with Gasteiger partial charge in [-0.3, -0.25) is 0 Å². The van der Waals surface area contributed by atoms with Crippen LogP contribution in [0.25, 0.3) is 0 Å². The van der Waals surface area contributed by atoms with Crippen LogP contribution in [0.2, 0.25) is 0 Å². The van der Waals surface area contributed by atoms with Crippen molar-refractivity contribution in [3.05, 3.63) is 46.8 Å². The second-order valence-electron chi connectivity index (χ2n) is 3.45. The van der Waals surface area contributed by atoms with Crippen molar-refractivity contribution in [3.63, 3.8) is 0 Å². The minimum atomic E-state index is -3.81. The number of ether oxygens (including phenoxy) is 1. The van der Waals surface area contributed by atoms with Gasteiger partial charge in [0.1, 0.15) is 16.5 Å². The predicted octanol–water partition coefficient (Wildman–Crippen LogP) is 3.70. The first kappa shape index (κ1) is 14.2. The van der Waals surface area contributed by atoms with Gasteiger partial charge in [-0.1, -0.05) is 0 Å². The van der Waals surface area contributed by atoms with Gasteiger partial charge >= 0.3 is 0 Å². The van der Waals surface area contributed by atoms with E-state index in [1.54, 1.807) is 0 Å². The van der Waals surface area contributed by atoms with Crippen LogP contribution in [-0.2, 0) is 9.05 Å². The van der Waals surface area contributed by atoms with Crippen LogP contribution in [0.1, 0.15) is 0 Å². The molecule has 19 heavy (non-hydrogen) atoms. The first-order chi connectivity index (χ1) is 8.86. The summed E-state index contributed by atoms with van der Waals surface area (Å²) in [4.78, 5) is 3.67. The van der Waals surface area contributed by atoms with E-state index in [1.807, 2.05) is 0 Å². The summed E-state index contributed by atoms with van der Waals surface area (Å²) in [5.41, 5.74) is 0. The van der Waals surface area contributed by atoms with Gasteiger partial charge in [0.15, 0.2) is 0 Å². The molecule has 4 nitrogen and oxygen atoms in total. The zero-order valence-corrected chi connectivity index (χ0v) is 12.3. The van der Waals surface area contributed by atoms with E-state index in [0.717, 1.165) is 6.20 Å². The lowest BCUT2D eigenvalue weighted by atomic mass is 10.3. The summed E-state index contributed by atoms with van der Waals surface area (Å²) in [5.74, 6) is 0.119. The quantitative estimate of drug-likeness (QED) is 0.777. The highest BCUT2D eigenvalue weighted by molar-refractivity contribution is 9.10. The molecule has 0 saturated heterocycles. The summed E-state index contributed by atoms with van der Waals surface area (Å²) in [5, 5.41) is 0. The van der Waals surface area contributed by atoms with Crippen molar-refractivity contribution < 1.29 is 17.5 Å². The number of rotatable bonds is 3. The Labute approximate surface area is 121 Å². The average Bonchev–Trinajstić information content (AvgIpc) is 2.33. The van der Waals surface area contributed by atoms with Crippen molar-refractivity contribution in [1.29, 1.82) is 0 Å². The molecule has 1 aromatic carbocycles. The van der Waals surface area contributed by atoms with Gasteiger partial charge in [0, 0.05) is 16.7 Å². The molecule has 0 bridgehead atoms. The van der Waals surface area contributed by atoms with Crippen molar-refractivity contribution in [2.24, 2.45) is 0 Å². The molecule has 0 atom stereocenters. The van der Waals surface area contributed by atoms with Crippen molar-refractivity contribution in [1.82, 2.24) is 4.98 Å². The van der Waals surface area contributed by atoms with Crippen molar-refractivity contribution in [3.8, 4) is 11.6 Å². The lowest BCUT2D eigenvalue weighted by Gasteiger charge is -2.05. The molecule has 0 aliphatic heterocycles. The normalized spacial score (nSPS) is 11.3. The summed E-state index contributed by atoms with van der Waals surface area (Å²) < 4.78 is 40.7. The molecule has 0 saturated carbocycles. The molecule has 0 unspecified atom stereocenters. The standard InChI is InChI=1S/C11H6BrClFNO3S/c12-9-5-7(1-3-10(9)14)18-11-4-2-8(6-15-11)19(13,16)17/h1-6H. The number of aromatic nitrogens is 1. The van der Waals surface area contributed by atoms with Crippen molar-refractivity contribution in [2.45, 2.75) is 4.90 Å². The maximum atomic E-state index is 13.0. The van der Waals surface area contributed by atoms with Gasteiger partial charge in [-0.25, -0.2) is 17.8 Å². The highest BCUT2D eigenvalue weighted by Gasteiger charge is 2.10. The van der Waals surface area contributed by atoms with Gasteiger partial charge in [0.25, 0.3) is 9.05 Å². The first-order valence-corrected chi connectivity index (χ1v) is 8.00. The molecule has 0 aliphatic rings. The smallest absolute Gasteiger partial charge is 0.262 e. The van der Waals surface area contributed by atoms with Gasteiger partial charge in [-0.05, 0) is 40.2 Å². The van der Waals surface area contributed by atoms with Gasteiger partial charge in [-0.15, -0.1) is 0 Å². The van der Waals surface area contributed by atoms with Gasteiger partial charge < -0.3 is 4.74 Å². The second-order valence-corrected chi connectivity index (χ2v) is 6.87. The van der Waals surface area contributed by atoms with E-state index in [0.29, 0.717) is 5.75 Å². The van der Waals surface area contributed by atoms with Crippen LogP contribution in [0, 0.1) is 5.82 Å². The Bertz CT molecular complexity index is 706. The first-order valence-electron chi connectivity index (χ1n) is 4.90. The summed E-state index contributed by atoms with van der Waals surface area (Å²) >= 11 is 3.02. The molecule has 1 aromatic heterocycles. The number of halogens is 3. The van der Waals surface area contributed by atoms with E-state index in [9.17, 15) is 12.8 Å². The zero-order valence-electron chi connectivity index (χ0n) is 9.18. The molecule has 2 rings (SSSR count). The van der Waals surface area contributed by atoms with Crippen LogP contribution in [-0.4, -0.2) is 13.4 Å². The maximum absolute atomic E-state index is 13.0. The number of pyridine rings is 1. The highest BCUT2D eigenvalue weighted by Crippen LogP contribution is 2.26. The Morgan fingerprint density at radius 2 is 2.00 bits per heavy atom.